The van der Waals surface area contributed by atoms with E-state index in [0.29, 0.717) is 16.5 Å². The number of nitrogens with one attached hydrogen (secondary N) is 2. The number of nitrogens with zero attached hydrogens (tertiary/aromatic N) is 1. The molecule has 0 atom stereocenters. The molecule has 0 fully saturated rings. The number of halogens is 1. The number of H-pyrrole nitrogens is 1. The predicted octanol–water partition coefficient (Wildman–Crippen LogP) is 2.71. The smallest absolute Gasteiger partial charge is 0.292 e. The van der Waals surface area contributed by atoms with Crippen molar-refractivity contribution in [2.45, 2.75) is 6.54 Å². The molecule has 1 heterocycles. The molecule has 1 amide bonds. The van der Waals surface area contributed by atoms with E-state index in [1.807, 2.05) is 0 Å². The van der Waals surface area contributed by atoms with Gasteiger partial charge in [-0.25, -0.2) is 4.39 Å². The third-order valence-corrected chi connectivity index (χ3v) is 3.69. The lowest BCUT2D eigenvalue weighted by molar-refractivity contribution is -0.384. The fourth-order valence-corrected chi connectivity index (χ4v) is 2.40. The summed E-state index contributed by atoms with van der Waals surface area (Å²) in [6.07, 6.45) is 1.34. The lowest BCUT2D eigenvalue weighted by Crippen LogP contribution is -2.30. The third-order valence-electron chi connectivity index (χ3n) is 3.69. The number of hydrogen-bond acceptors (Lipinski definition) is 4. The highest BCUT2D eigenvalue weighted by Crippen LogP contribution is 2.24. The Labute approximate surface area is 140 Å². The number of aromatic nitrogens is 1. The number of non-ortho nitro benzene ring substituents is 1. The molecule has 3 rings (SSSR count). The standard InChI is InChI=1S/C17H12FN3O4/c18-11-3-1-10(2-4-11)8-20-17(23)16(22)14-9-19-15-6-5-12(21(24)25)7-13(14)15/h1-7,9,19H,8H2,(H,20,23). The largest absolute Gasteiger partial charge is 0.360 e. The first-order chi connectivity index (χ1) is 12.0. The molecule has 1 aromatic heterocycles. The van der Waals surface area contributed by atoms with Crippen molar-refractivity contribution in [2.24, 2.45) is 0 Å². The van der Waals surface area contributed by atoms with E-state index in [-0.39, 0.29) is 17.8 Å². The minimum atomic E-state index is -0.850. The van der Waals surface area contributed by atoms with Crippen molar-refractivity contribution in [1.29, 1.82) is 0 Å². The molecular formula is C17H12FN3O4. The van der Waals surface area contributed by atoms with Crippen molar-refractivity contribution in [3.8, 4) is 0 Å². The molecular weight excluding hydrogens is 329 g/mol. The average Bonchev–Trinajstić information content (AvgIpc) is 3.03. The summed E-state index contributed by atoms with van der Waals surface area (Å²) in [5, 5.41) is 13.6. The summed E-state index contributed by atoms with van der Waals surface area (Å²) < 4.78 is 12.8. The molecule has 0 aliphatic heterocycles. The Morgan fingerprint density at radius 2 is 1.88 bits per heavy atom. The zero-order chi connectivity index (χ0) is 18.0. The Morgan fingerprint density at radius 3 is 2.56 bits per heavy atom. The van der Waals surface area contributed by atoms with Gasteiger partial charge in [-0.15, -0.1) is 0 Å². The van der Waals surface area contributed by atoms with Crippen LogP contribution in [0.2, 0.25) is 0 Å². The molecule has 126 valence electrons. The molecule has 0 radical (unpaired) electrons. The van der Waals surface area contributed by atoms with Gasteiger partial charge in [0, 0.05) is 35.8 Å². The first kappa shape index (κ1) is 16.3. The molecule has 8 heteroatoms. The number of ketones is 1. The van der Waals surface area contributed by atoms with Gasteiger partial charge >= 0.3 is 0 Å². The van der Waals surface area contributed by atoms with Gasteiger partial charge in [0.15, 0.2) is 0 Å². The van der Waals surface area contributed by atoms with Crippen LogP contribution in [0.5, 0.6) is 0 Å². The molecule has 25 heavy (non-hydrogen) atoms. The van der Waals surface area contributed by atoms with Crippen LogP contribution in [-0.2, 0) is 11.3 Å². The molecule has 3 aromatic rings. The maximum absolute atomic E-state index is 12.8. The van der Waals surface area contributed by atoms with Crippen LogP contribution >= 0.6 is 0 Å². The number of hydrogen-bond donors (Lipinski definition) is 2. The quantitative estimate of drug-likeness (QED) is 0.322. The number of amides is 1. The van der Waals surface area contributed by atoms with Crippen LogP contribution < -0.4 is 5.32 Å². The second kappa shape index (κ2) is 6.52. The fraction of sp³-hybridized carbons (Fsp3) is 0.0588. The second-order valence-corrected chi connectivity index (χ2v) is 5.33. The number of carbonyl (C=O) groups excluding carboxylic acids is 2. The molecule has 0 saturated carbocycles. The van der Waals surface area contributed by atoms with Gasteiger partial charge in [-0.05, 0) is 23.8 Å². The van der Waals surface area contributed by atoms with Gasteiger partial charge in [0.2, 0.25) is 0 Å². The Bertz CT molecular complexity index is 979. The SMILES string of the molecule is O=C(NCc1ccc(F)cc1)C(=O)c1c[nH]c2ccc([N+](=O)[O-])cc12. The van der Waals surface area contributed by atoms with E-state index in [0.717, 1.165) is 0 Å². The highest BCUT2D eigenvalue weighted by molar-refractivity contribution is 6.44. The van der Waals surface area contributed by atoms with Crippen LogP contribution in [0.3, 0.4) is 0 Å². The van der Waals surface area contributed by atoms with Crippen LogP contribution in [0.1, 0.15) is 15.9 Å². The van der Waals surface area contributed by atoms with E-state index in [1.54, 1.807) is 0 Å². The predicted molar refractivity (Wildman–Crippen MR) is 87.5 cm³/mol. The second-order valence-electron chi connectivity index (χ2n) is 5.33. The summed E-state index contributed by atoms with van der Waals surface area (Å²) in [5.41, 5.74) is 1.03. The highest BCUT2D eigenvalue weighted by Gasteiger charge is 2.21. The van der Waals surface area contributed by atoms with Gasteiger partial charge < -0.3 is 10.3 Å². The van der Waals surface area contributed by atoms with E-state index in [2.05, 4.69) is 10.3 Å². The van der Waals surface area contributed by atoms with Gasteiger partial charge in [-0.2, -0.15) is 0 Å². The van der Waals surface area contributed by atoms with Crippen molar-refractivity contribution in [3.63, 3.8) is 0 Å². The number of aromatic amines is 1. The van der Waals surface area contributed by atoms with E-state index in [4.69, 9.17) is 0 Å². The van der Waals surface area contributed by atoms with Gasteiger partial charge in [0.25, 0.3) is 17.4 Å². The number of rotatable bonds is 5. The van der Waals surface area contributed by atoms with Crippen molar-refractivity contribution in [3.05, 3.63) is 75.7 Å². The van der Waals surface area contributed by atoms with Crippen molar-refractivity contribution in [2.75, 3.05) is 0 Å². The Hall–Kier alpha value is -3.55. The fourth-order valence-electron chi connectivity index (χ4n) is 2.40. The summed E-state index contributed by atoms with van der Waals surface area (Å²) in [5.74, 6) is -2.06. The molecule has 0 spiro atoms. The summed E-state index contributed by atoms with van der Waals surface area (Å²) in [4.78, 5) is 37.5. The number of fused-ring (bicyclic) bond motifs is 1. The molecule has 2 N–H and O–H groups in total. The van der Waals surface area contributed by atoms with Gasteiger partial charge in [-0.3, -0.25) is 19.7 Å². The first-order valence-corrected chi connectivity index (χ1v) is 7.28. The minimum Gasteiger partial charge on any atom is -0.360 e. The van der Waals surface area contributed by atoms with Gasteiger partial charge in [0.1, 0.15) is 5.82 Å². The van der Waals surface area contributed by atoms with Crippen LogP contribution in [-0.4, -0.2) is 21.6 Å². The topological polar surface area (TPSA) is 105 Å². The van der Waals surface area contributed by atoms with Crippen LogP contribution in [0, 0.1) is 15.9 Å². The third kappa shape index (κ3) is 3.37. The summed E-state index contributed by atoms with van der Waals surface area (Å²) in [7, 11) is 0. The summed E-state index contributed by atoms with van der Waals surface area (Å²) in [6, 6.07) is 9.52. The Kier molecular flexibility index (Phi) is 4.25. The van der Waals surface area contributed by atoms with Crippen LogP contribution in [0.15, 0.2) is 48.7 Å². The van der Waals surface area contributed by atoms with Crippen molar-refractivity contribution >= 4 is 28.3 Å². The average molecular weight is 341 g/mol. The number of nitro benzene ring substituents is 1. The lowest BCUT2D eigenvalue weighted by Gasteiger charge is -2.04. The maximum Gasteiger partial charge on any atom is 0.292 e. The molecule has 0 saturated heterocycles. The normalized spacial score (nSPS) is 10.6. The Balaban J connectivity index is 1.78. The molecule has 7 nitrogen and oxygen atoms in total. The number of Topliss-reactive ketones (excluding diaryl/α,β-unsaturated/α-hetero) is 1. The van der Waals surface area contributed by atoms with E-state index >= 15 is 0 Å². The summed E-state index contributed by atoms with van der Waals surface area (Å²) >= 11 is 0. The van der Waals surface area contributed by atoms with Crippen LogP contribution in [0.4, 0.5) is 10.1 Å². The number of carbonyl (C=O) groups is 2. The molecule has 0 aliphatic rings. The monoisotopic (exact) mass is 341 g/mol. The highest BCUT2D eigenvalue weighted by atomic mass is 19.1. The minimum absolute atomic E-state index is 0.0512. The molecule has 2 aromatic carbocycles. The van der Waals surface area contributed by atoms with Gasteiger partial charge in [-0.1, -0.05) is 12.1 Å². The summed E-state index contributed by atoms with van der Waals surface area (Å²) in [6.45, 7) is 0.0629. The van der Waals surface area contributed by atoms with E-state index in [9.17, 15) is 24.1 Å². The molecule has 0 unspecified atom stereocenters. The number of benzene rings is 2. The maximum atomic E-state index is 12.8. The molecule has 0 aliphatic carbocycles. The van der Waals surface area contributed by atoms with Gasteiger partial charge in [0.05, 0.1) is 10.5 Å². The van der Waals surface area contributed by atoms with E-state index < -0.39 is 22.4 Å². The zero-order valence-electron chi connectivity index (χ0n) is 12.8. The first-order valence-electron chi connectivity index (χ1n) is 7.28. The van der Waals surface area contributed by atoms with Crippen molar-refractivity contribution in [1.82, 2.24) is 10.3 Å². The molecule has 0 bridgehead atoms. The van der Waals surface area contributed by atoms with Crippen LogP contribution in [0.25, 0.3) is 10.9 Å². The zero-order valence-corrected chi connectivity index (χ0v) is 12.8. The van der Waals surface area contributed by atoms with Crippen molar-refractivity contribution < 1.29 is 18.9 Å². The number of nitro groups is 1. The Morgan fingerprint density at radius 1 is 1.16 bits per heavy atom. The lowest BCUT2D eigenvalue weighted by atomic mass is 10.1. The van der Waals surface area contributed by atoms with E-state index in [1.165, 1.54) is 48.7 Å².